The van der Waals surface area contributed by atoms with Crippen molar-refractivity contribution >= 4 is 0 Å². The van der Waals surface area contributed by atoms with E-state index in [1.54, 1.807) is 13.3 Å². The molecule has 0 aromatic rings. The van der Waals surface area contributed by atoms with Gasteiger partial charge in [0, 0.05) is 0 Å². The SMILES string of the molecule is CCC1(C)C[I-]CC[I-]1. The van der Waals surface area contributed by atoms with Gasteiger partial charge in [0.2, 0.25) is 0 Å². The van der Waals surface area contributed by atoms with Crippen LogP contribution >= 0.6 is 0 Å². The van der Waals surface area contributed by atoms with Crippen LogP contribution in [0, 0.1) is 0 Å². The summed E-state index contributed by atoms with van der Waals surface area (Å²) >= 11 is 1.24. The molecule has 2 heteroatoms. The van der Waals surface area contributed by atoms with Gasteiger partial charge in [-0.25, -0.2) is 0 Å². The predicted octanol–water partition coefficient (Wildman–Crippen LogP) is -4.65. The molecule has 58 valence electrons. The minimum absolute atomic E-state index is 0.593. The van der Waals surface area contributed by atoms with Gasteiger partial charge in [0.25, 0.3) is 0 Å². The minimum atomic E-state index is 0.593. The third-order valence-corrected chi connectivity index (χ3v) is 12.8. The van der Waals surface area contributed by atoms with E-state index in [1.807, 2.05) is 0 Å². The Bertz CT molecular complexity index is 84.9. The van der Waals surface area contributed by atoms with Crippen LogP contribution in [0.15, 0.2) is 0 Å². The Morgan fingerprint density at radius 2 is 2.22 bits per heavy atom. The van der Waals surface area contributed by atoms with Crippen molar-refractivity contribution in [2.45, 2.75) is 23.7 Å². The van der Waals surface area contributed by atoms with Gasteiger partial charge in [0.15, 0.2) is 0 Å². The zero-order chi connectivity index (χ0) is 6.74. The van der Waals surface area contributed by atoms with Gasteiger partial charge in [0.05, 0.1) is 0 Å². The van der Waals surface area contributed by atoms with Crippen LogP contribution in [0.1, 0.15) is 20.3 Å². The molecule has 1 fully saturated rings. The van der Waals surface area contributed by atoms with Gasteiger partial charge < -0.3 is 0 Å². The number of halogens is 2. The third kappa shape index (κ3) is 2.52. The van der Waals surface area contributed by atoms with E-state index in [4.69, 9.17) is 0 Å². The first kappa shape index (κ1) is 8.56. The molecule has 1 rings (SSSR count). The fourth-order valence-corrected chi connectivity index (χ4v) is 11.4. The maximum absolute atomic E-state index is 2.51. The summed E-state index contributed by atoms with van der Waals surface area (Å²) < 4.78 is 5.79. The molecule has 1 atom stereocenters. The van der Waals surface area contributed by atoms with Gasteiger partial charge in [-0.2, -0.15) is 0 Å². The molecule has 0 bridgehead atoms. The first-order valence-electron chi connectivity index (χ1n) is 3.40. The van der Waals surface area contributed by atoms with Crippen LogP contribution in [0.2, 0.25) is 0 Å². The van der Waals surface area contributed by atoms with E-state index >= 15 is 0 Å². The summed E-state index contributed by atoms with van der Waals surface area (Å²) in [5, 5.41) is 0. The molecule has 0 saturated carbocycles. The van der Waals surface area contributed by atoms with Crippen molar-refractivity contribution in [3.05, 3.63) is 0 Å². The normalized spacial score (nSPS) is 38.4. The molecule has 1 saturated heterocycles. The van der Waals surface area contributed by atoms with Crippen LogP contribution in [0.3, 0.4) is 0 Å². The van der Waals surface area contributed by atoms with Crippen LogP contribution in [-0.2, 0) is 0 Å². The summed E-state index contributed by atoms with van der Waals surface area (Å²) in [7, 11) is 0. The molecule has 9 heavy (non-hydrogen) atoms. The van der Waals surface area contributed by atoms with E-state index in [9.17, 15) is 0 Å². The van der Waals surface area contributed by atoms with Crippen LogP contribution in [0.5, 0.6) is 0 Å². The molecule has 1 aliphatic rings. The Morgan fingerprint density at radius 3 is 2.56 bits per heavy atom. The van der Waals surface area contributed by atoms with Gasteiger partial charge in [0.1, 0.15) is 0 Å². The average molecular weight is 352 g/mol. The first-order valence-corrected chi connectivity index (χ1v) is 9.06. The van der Waals surface area contributed by atoms with E-state index in [0.717, 1.165) is 3.42 Å². The monoisotopic (exact) mass is 352 g/mol. The van der Waals surface area contributed by atoms with Gasteiger partial charge in [-0.15, -0.1) is 0 Å². The fourth-order valence-electron chi connectivity index (χ4n) is 0.803. The molecule has 0 aliphatic carbocycles. The predicted molar refractivity (Wildman–Crippen MR) is 33.3 cm³/mol. The van der Waals surface area contributed by atoms with E-state index in [-0.39, 0.29) is 0 Å². The van der Waals surface area contributed by atoms with Crippen molar-refractivity contribution < 1.29 is 42.4 Å². The second-order valence-electron chi connectivity index (χ2n) is 2.60. The number of hydrogen-bond donors (Lipinski definition) is 0. The van der Waals surface area contributed by atoms with E-state index < -0.39 is 0 Å². The van der Waals surface area contributed by atoms with Crippen molar-refractivity contribution in [3.8, 4) is 0 Å². The fraction of sp³-hybridized carbons (Fsp3) is 1.00. The quantitative estimate of drug-likeness (QED) is 0.329. The topological polar surface area (TPSA) is 0 Å². The third-order valence-electron chi connectivity index (χ3n) is 1.73. The van der Waals surface area contributed by atoms with Crippen molar-refractivity contribution in [3.63, 3.8) is 0 Å². The van der Waals surface area contributed by atoms with Crippen LogP contribution < -0.4 is 42.4 Å². The Morgan fingerprint density at radius 1 is 1.44 bits per heavy atom. The molecule has 1 heterocycles. The molecule has 0 aromatic heterocycles. The molecule has 0 spiro atoms. The van der Waals surface area contributed by atoms with Crippen LogP contribution in [-0.4, -0.2) is 16.7 Å². The number of alkyl halides is 4. The molecule has 0 radical (unpaired) electrons. The van der Waals surface area contributed by atoms with Crippen molar-refractivity contribution in [2.24, 2.45) is 0 Å². The molecular weight excluding hydrogens is 338 g/mol. The standard InChI is InChI=1S/C7H14I2/c1-3-7(2)6-8-4-5-9-7/h3-6H2,1-2H3/q-2. The average Bonchev–Trinajstić information content (AvgIpc) is 1.90. The van der Waals surface area contributed by atoms with Crippen molar-refractivity contribution in [1.82, 2.24) is 0 Å². The molecule has 0 N–H and O–H groups in total. The first-order chi connectivity index (χ1) is 4.27. The summed E-state index contributed by atoms with van der Waals surface area (Å²) in [6, 6.07) is 0. The molecular formula is C7H14I2-2. The second kappa shape index (κ2) is 3.74. The summed E-state index contributed by atoms with van der Waals surface area (Å²) in [6.07, 6.45) is 1.46. The van der Waals surface area contributed by atoms with E-state index in [1.165, 1.54) is 6.42 Å². The van der Waals surface area contributed by atoms with Crippen molar-refractivity contribution in [2.75, 3.05) is 13.3 Å². The van der Waals surface area contributed by atoms with Gasteiger partial charge in [-0.05, 0) is 0 Å². The Kier molecular flexibility index (Phi) is 3.55. The molecule has 1 aliphatic heterocycles. The Balaban J connectivity index is 2.37. The zero-order valence-corrected chi connectivity index (χ0v) is 10.4. The molecule has 1 unspecified atom stereocenters. The second-order valence-corrected chi connectivity index (χ2v) is 9.97. The van der Waals surface area contributed by atoms with Crippen LogP contribution in [0.4, 0.5) is 0 Å². The van der Waals surface area contributed by atoms with E-state index in [2.05, 4.69) is 13.8 Å². The number of rotatable bonds is 1. The molecule has 0 amide bonds. The summed E-state index contributed by atoms with van der Waals surface area (Å²) in [6.45, 7) is 4.88. The summed E-state index contributed by atoms with van der Waals surface area (Å²) in [5.41, 5.74) is 0. The maximum atomic E-state index is 2.51. The molecule has 0 aromatic carbocycles. The summed E-state index contributed by atoms with van der Waals surface area (Å²) in [4.78, 5) is 0. The van der Waals surface area contributed by atoms with Crippen LogP contribution in [0.25, 0.3) is 0 Å². The van der Waals surface area contributed by atoms with Gasteiger partial charge in [-0.1, -0.05) is 0 Å². The summed E-state index contributed by atoms with van der Waals surface area (Å²) in [5.74, 6) is 0. The van der Waals surface area contributed by atoms with Crippen molar-refractivity contribution in [1.29, 1.82) is 0 Å². The number of hydrogen-bond acceptors (Lipinski definition) is 0. The molecule has 0 nitrogen and oxygen atoms in total. The zero-order valence-electron chi connectivity index (χ0n) is 6.08. The Hall–Kier alpha value is 1.46. The van der Waals surface area contributed by atoms with Gasteiger partial charge >= 0.3 is 79.4 Å². The van der Waals surface area contributed by atoms with Gasteiger partial charge in [-0.3, -0.25) is 0 Å². The van der Waals surface area contributed by atoms with E-state index in [0.29, 0.717) is 42.4 Å². The Labute approximate surface area is 78.7 Å².